The summed E-state index contributed by atoms with van der Waals surface area (Å²) in [6, 6.07) is 5.63. The van der Waals surface area contributed by atoms with E-state index in [4.69, 9.17) is 5.26 Å². The molecule has 0 saturated heterocycles. The van der Waals surface area contributed by atoms with Gasteiger partial charge in [-0.15, -0.1) is 11.3 Å². The van der Waals surface area contributed by atoms with Crippen LogP contribution in [0.5, 0.6) is 0 Å². The van der Waals surface area contributed by atoms with E-state index in [-0.39, 0.29) is 5.91 Å². The molecule has 0 atom stereocenters. The van der Waals surface area contributed by atoms with Gasteiger partial charge in [-0.25, -0.2) is 0 Å². The summed E-state index contributed by atoms with van der Waals surface area (Å²) in [6.45, 7) is 1.94. The Hall–Kier alpha value is -2.13. The van der Waals surface area contributed by atoms with Crippen molar-refractivity contribution in [3.63, 3.8) is 0 Å². The van der Waals surface area contributed by atoms with Gasteiger partial charge in [0.05, 0.1) is 11.1 Å². The monoisotopic (exact) mass is 246 g/mol. The van der Waals surface area contributed by atoms with Crippen LogP contribution in [-0.2, 0) is 7.05 Å². The lowest BCUT2D eigenvalue weighted by molar-refractivity contribution is 0.102. The van der Waals surface area contributed by atoms with Crippen LogP contribution in [0.1, 0.15) is 20.1 Å². The molecule has 0 unspecified atom stereocenters. The largest absolute Gasteiger partial charge is 0.305 e. The van der Waals surface area contributed by atoms with E-state index in [1.165, 1.54) is 22.2 Å². The van der Waals surface area contributed by atoms with Gasteiger partial charge in [0.25, 0.3) is 5.91 Å². The molecule has 0 aliphatic carbocycles. The van der Waals surface area contributed by atoms with Gasteiger partial charge in [-0.3, -0.25) is 9.48 Å². The van der Waals surface area contributed by atoms with E-state index in [1.54, 1.807) is 13.1 Å². The molecule has 2 aromatic rings. The first kappa shape index (κ1) is 11.4. The summed E-state index contributed by atoms with van der Waals surface area (Å²) in [6.07, 6.45) is 1.43. The van der Waals surface area contributed by atoms with Gasteiger partial charge in [-0.1, -0.05) is 0 Å². The standard InChI is InChI=1S/C11H10N4OS/c1-7-3-4-9(17-7)11(16)14-10-8(5-12)6-13-15(10)2/h3-4,6H,1-2H3,(H,14,16). The van der Waals surface area contributed by atoms with Gasteiger partial charge >= 0.3 is 0 Å². The van der Waals surface area contributed by atoms with Crippen molar-refractivity contribution >= 4 is 23.1 Å². The Kier molecular flexibility index (Phi) is 2.93. The van der Waals surface area contributed by atoms with E-state index in [0.29, 0.717) is 16.3 Å². The minimum atomic E-state index is -0.219. The minimum absolute atomic E-state index is 0.219. The number of hydrogen-bond acceptors (Lipinski definition) is 4. The molecule has 0 bridgehead atoms. The molecule has 2 aromatic heterocycles. The lowest BCUT2D eigenvalue weighted by Gasteiger charge is -2.03. The molecule has 17 heavy (non-hydrogen) atoms. The van der Waals surface area contributed by atoms with Crippen molar-refractivity contribution in [2.24, 2.45) is 7.05 Å². The lowest BCUT2D eigenvalue weighted by Crippen LogP contribution is -2.14. The number of amides is 1. The zero-order valence-corrected chi connectivity index (χ0v) is 10.2. The van der Waals surface area contributed by atoms with Gasteiger partial charge in [0, 0.05) is 11.9 Å². The highest BCUT2D eigenvalue weighted by Gasteiger charge is 2.14. The average molecular weight is 246 g/mol. The van der Waals surface area contributed by atoms with Crippen molar-refractivity contribution in [2.45, 2.75) is 6.92 Å². The van der Waals surface area contributed by atoms with Crippen molar-refractivity contribution in [1.82, 2.24) is 9.78 Å². The normalized spacial score (nSPS) is 9.94. The highest BCUT2D eigenvalue weighted by Crippen LogP contribution is 2.18. The molecular weight excluding hydrogens is 236 g/mol. The molecule has 5 nitrogen and oxygen atoms in total. The Balaban J connectivity index is 2.24. The summed E-state index contributed by atoms with van der Waals surface area (Å²) in [4.78, 5) is 13.6. The van der Waals surface area contributed by atoms with Crippen LogP contribution in [0.15, 0.2) is 18.3 Å². The van der Waals surface area contributed by atoms with Crippen LogP contribution in [0.3, 0.4) is 0 Å². The number of carbonyl (C=O) groups is 1. The van der Waals surface area contributed by atoms with Gasteiger partial charge in [0.2, 0.25) is 0 Å². The zero-order valence-electron chi connectivity index (χ0n) is 9.39. The highest BCUT2D eigenvalue weighted by molar-refractivity contribution is 7.14. The second-order valence-corrected chi connectivity index (χ2v) is 4.79. The van der Waals surface area contributed by atoms with Crippen molar-refractivity contribution in [1.29, 1.82) is 5.26 Å². The third kappa shape index (κ3) is 2.19. The number of anilines is 1. The number of nitrogens with one attached hydrogen (secondary N) is 1. The maximum absolute atomic E-state index is 11.9. The van der Waals surface area contributed by atoms with E-state index in [0.717, 1.165) is 4.88 Å². The fourth-order valence-electron chi connectivity index (χ4n) is 1.39. The molecule has 6 heteroatoms. The molecular formula is C11H10N4OS. The van der Waals surface area contributed by atoms with Gasteiger partial charge in [0.1, 0.15) is 17.5 Å². The molecule has 1 N–H and O–H groups in total. The number of rotatable bonds is 2. The van der Waals surface area contributed by atoms with E-state index < -0.39 is 0 Å². The van der Waals surface area contributed by atoms with Crippen LogP contribution in [-0.4, -0.2) is 15.7 Å². The Morgan fingerprint density at radius 1 is 1.59 bits per heavy atom. The molecule has 0 aromatic carbocycles. The number of carbonyl (C=O) groups excluding carboxylic acids is 1. The fourth-order valence-corrected chi connectivity index (χ4v) is 2.16. The Morgan fingerprint density at radius 2 is 2.35 bits per heavy atom. The molecule has 1 amide bonds. The van der Waals surface area contributed by atoms with Crippen molar-refractivity contribution in [3.05, 3.63) is 33.6 Å². The maximum Gasteiger partial charge on any atom is 0.266 e. The van der Waals surface area contributed by atoms with E-state index in [9.17, 15) is 4.79 Å². The number of aromatic nitrogens is 2. The smallest absolute Gasteiger partial charge is 0.266 e. The summed E-state index contributed by atoms with van der Waals surface area (Å²) in [7, 11) is 1.68. The summed E-state index contributed by atoms with van der Waals surface area (Å²) in [5, 5.41) is 15.5. The van der Waals surface area contributed by atoms with Crippen LogP contribution in [0, 0.1) is 18.3 Å². The van der Waals surface area contributed by atoms with Crippen LogP contribution < -0.4 is 5.32 Å². The number of thiophene rings is 1. The Morgan fingerprint density at radius 3 is 2.94 bits per heavy atom. The van der Waals surface area contributed by atoms with Gasteiger partial charge in [0.15, 0.2) is 0 Å². The van der Waals surface area contributed by atoms with Crippen LogP contribution in [0.4, 0.5) is 5.82 Å². The molecule has 2 heterocycles. The molecule has 0 saturated carbocycles. The molecule has 0 aliphatic rings. The maximum atomic E-state index is 11.9. The average Bonchev–Trinajstić information content (AvgIpc) is 2.87. The molecule has 2 rings (SSSR count). The van der Waals surface area contributed by atoms with Crippen LogP contribution >= 0.6 is 11.3 Å². The third-order valence-electron chi connectivity index (χ3n) is 2.26. The minimum Gasteiger partial charge on any atom is -0.305 e. The van der Waals surface area contributed by atoms with Crippen LogP contribution in [0.25, 0.3) is 0 Å². The van der Waals surface area contributed by atoms with Crippen molar-refractivity contribution in [2.75, 3.05) is 5.32 Å². The first-order valence-electron chi connectivity index (χ1n) is 4.91. The lowest BCUT2D eigenvalue weighted by atomic mass is 10.3. The summed E-state index contributed by atoms with van der Waals surface area (Å²) in [5.74, 6) is 0.201. The number of nitriles is 1. The quantitative estimate of drug-likeness (QED) is 0.879. The number of nitrogens with zero attached hydrogens (tertiary/aromatic N) is 3. The molecule has 86 valence electrons. The SMILES string of the molecule is Cc1ccc(C(=O)Nc2c(C#N)cnn2C)s1. The van der Waals surface area contributed by atoms with Gasteiger partial charge in [-0.2, -0.15) is 10.4 Å². The van der Waals surface area contributed by atoms with Crippen molar-refractivity contribution < 1.29 is 4.79 Å². The zero-order chi connectivity index (χ0) is 12.4. The van der Waals surface area contributed by atoms with Crippen molar-refractivity contribution in [3.8, 4) is 6.07 Å². The summed E-state index contributed by atoms with van der Waals surface area (Å²) in [5.41, 5.74) is 0.356. The first-order valence-corrected chi connectivity index (χ1v) is 5.73. The molecule has 0 spiro atoms. The van der Waals surface area contributed by atoms with Gasteiger partial charge < -0.3 is 5.32 Å². The van der Waals surface area contributed by atoms with Crippen LogP contribution in [0.2, 0.25) is 0 Å². The van der Waals surface area contributed by atoms with E-state index in [1.807, 2.05) is 19.1 Å². The van der Waals surface area contributed by atoms with E-state index >= 15 is 0 Å². The predicted molar refractivity (Wildman–Crippen MR) is 64.9 cm³/mol. The molecule has 0 radical (unpaired) electrons. The fraction of sp³-hybridized carbons (Fsp3) is 0.182. The Labute approximate surface area is 102 Å². The topological polar surface area (TPSA) is 70.7 Å². The molecule has 0 fully saturated rings. The summed E-state index contributed by atoms with van der Waals surface area (Å²) >= 11 is 1.41. The van der Waals surface area contributed by atoms with Gasteiger partial charge in [-0.05, 0) is 19.1 Å². The second-order valence-electron chi connectivity index (χ2n) is 3.51. The summed E-state index contributed by atoms with van der Waals surface area (Å²) < 4.78 is 1.47. The number of aryl methyl sites for hydroxylation is 2. The van der Waals surface area contributed by atoms with E-state index in [2.05, 4.69) is 10.4 Å². The Bertz CT molecular complexity index is 605. The number of hydrogen-bond donors (Lipinski definition) is 1. The predicted octanol–water partition coefficient (Wildman–Crippen LogP) is 1.91. The first-order chi connectivity index (χ1) is 8.11. The third-order valence-corrected chi connectivity index (χ3v) is 3.25. The molecule has 0 aliphatic heterocycles. The highest BCUT2D eigenvalue weighted by atomic mass is 32.1. The second kappa shape index (κ2) is 4.39.